The lowest BCUT2D eigenvalue weighted by Gasteiger charge is -2.22. The Morgan fingerprint density at radius 2 is 2.12 bits per heavy atom. The van der Waals surface area contributed by atoms with Gasteiger partial charge >= 0.3 is 0 Å². The van der Waals surface area contributed by atoms with E-state index in [-0.39, 0.29) is 29.2 Å². The van der Waals surface area contributed by atoms with Gasteiger partial charge in [0.15, 0.2) is 5.69 Å². The normalized spacial score (nSPS) is 19.8. The molecule has 1 aliphatic carbocycles. The molecule has 11 heteroatoms. The number of aromatic nitrogens is 4. The lowest BCUT2D eigenvalue weighted by atomic mass is 9.96. The van der Waals surface area contributed by atoms with Crippen LogP contribution in [0.3, 0.4) is 0 Å². The van der Waals surface area contributed by atoms with Gasteiger partial charge in [0, 0.05) is 31.7 Å². The number of benzene rings is 1. The quantitative estimate of drug-likeness (QED) is 0.334. The molecule has 2 aromatic heterocycles. The van der Waals surface area contributed by atoms with E-state index in [1.807, 2.05) is 12.1 Å². The van der Waals surface area contributed by atoms with Crippen molar-refractivity contribution in [3.8, 4) is 11.8 Å². The summed E-state index contributed by atoms with van der Waals surface area (Å²) in [4.78, 5) is 26.7. The fourth-order valence-corrected chi connectivity index (χ4v) is 6.19. The minimum atomic E-state index is -0.665. The third-order valence-electron chi connectivity index (χ3n) is 7.86. The standard InChI is InChI=1S/C29H32ClN7O3/c1-5-16-7-9-22-26(16)20-13-21(30)17(11-24(20)34-33-22)8-10-23-27(28(31)39)29(32-3)37(35-23)18-12-19(15-40-4)36(14-18)25(38)6-2/h6,11,13,16,18-19,32H,2,5,7,9,12,14-15H2,1,3-4H3,(H2,31,39)/t16-,18+,19-/m1/s1. The second-order valence-corrected chi connectivity index (χ2v) is 10.5. The molecule has 3 aromatic rings. The van der Waals surface area contributed by atoms with Crippen LogP contribution in [0.5, 0.6) is 0 Å². The monoisotopic (exact) mass is 561 g/mol. The van der Waals surface area contributed by atoms with Gasteiger partial charge in [-0.05, 0) is 61.3 Å². The number of nitrogens with one attached hydrogen (secondary N) is 1. The van der Waals surface area contributed by atoms with Crippen molar-refractivity contribution in [3.05, 3.63) is 57.9 Å². The van der Waals surface area contributed by atoms with E-state index in [0.29, 0.717) is 41.9 Å². The molecule has 1 saturated heterocycles. The Morgan fingerprint density at radius 3 is 2.80 bits per heavy atom. The molecule has 1 aromatic carbocycles. The van der Waals surface area contributed by atoms with Gasteiger partial charge in [-0.2, -0.15) is 15.3 Å². The molecule has 0 bridgehead atoms. The summed E-state index contributed by atoms with van der Waals surface area (Å²) >= 11 is 6.70. The smallest absolute Gasteiger partial charge is 0.255 e. The van der Waals surface area contributed by atoms with Crippen LogP contribution in [0, 0.1) is 11.8 Å². The Kier molecular flexibility index (Phi) is 7.79. The van der Waals surface area contributed by atoms with Crippen LogP contribution in [-0.2, 0) is 16.0 Å². The number of carbonyl (C=O) groups excluding carboxylic acids is 2. The van der Waals surface area contributed by atoms with Gasteiger partial charge in [0.1, 0.15) is 11.4 Å². The minimum absolute atomic E-state index is 0.160. The van der Waals surface area contributed by atoms with E-state index in [4.69, 9.17) is 22.1 Å². The van der Waals surface area contributed by atoms with Crippen LogP contribution in [0.25, 0.3) is 10.9 Å². The highest BCUT2D eigenvalue weighted by molar-refractivity contribution is 6.32. The molecule has 2 aliphatic rings. The van der Waals surface area contributed by atoms with Crippen LogP contribution in [0.1, 0.15) is 71.0 Å². The average molecular weight is 562 g/mol. The molecule has 1 fully saturated rings. The van der Waals surface area contributed by atoms with Crippen molar-refractivity contribution < 1.29 is 14.3 Å². The SMILES string of the molecule is C=CC(=O)N1C[C@@H](n2nc(C#Cc3cc4nnc5c(c4cc3Cl)[C@H](CC)CC5)c(C(N)=O)c2NC)C[C@@H]1COC. The Morgan fingerprint density at radius 1 is 1.32 bits per heavy atom. The van der Waals surface area contributed by atoms with Gasteiger partial charge < -0.3 is 20.7 Å². The summed E-state index contributed by atoms with van der Waals surface area (Å²) in [5.41, 5.74) is 9.73. The van der Waals surface area contributed by atoms with Crippen LogP contribution in [0.15, 0.2) is 24.8 Å². The number of hydrogen-bond acceptors (Lipinski definition) is 7. The molecule has 208 valence electrons. The van der Waals surface area contributed by atoms with Crippen LogP contribution in [0.4, 0.5) is 5.82 Å². The summed E-state index contributed by atoms with van der Waals surface area (Å²) in [7, 11) is 3.28. The molecular weight excluding hydrogens is 530 g/mol. The lowest BCUT2D eigenvalue weighted by molar-refractivity contribution is -0.127. The maximum absolute atomic E-state index is 12.6. The number of primary amides is 1. The van der Waals surface area contributed by atoms with E-state index in [0.717, 1.165) is 35.9 Å². The van der Waals surface area contributed by atoms with Crippen LogP contribution >= 0.6 is 11.6 Å². The second-order valence-electron chi connectivity index (χ2n) is 10.1. The van der Waals surface area contributed by atoms with Gasteiger partial charge in [0.2, 0.25) is 5.91 Å². The molecule has 0 saturated carbocycles. The van der Waals surface area contributed by atoms with Crippen molar-refractivity contribution in [2.75, 3.05) is 32.6 Å². The number of hydrogen-bond donors (Lipinski definition) is 2. The number of aryl methyl sites for hydroxylation is 1. The van der Waals surface area contributed by atoms with E-state index in [2.05, 4.69) is 46.0 Å². The number of likely N-dealkylation sites (tertiary alicyclic amines) is 1. The summed E-state index contributed by atoms with van der Waals surface area (Å²) < 4.78 is 7.02. The van der Waals surface area contributed by atoms with Gasteiger partial charge in [0.25, 0.3) is 5.91 Å². The highest BCUT2D eigenvalue weighted by Gasteiger charge is 2.38. The third kappa shape index (κ3) is 4.80. The number of nitrogens with two attached hydrogens (primary N) is 1. The molecule has 2 amide bonds. The molecule has 5 rings (SSSR count). The zero-order valence-electron chi connectivity index (χ0n) is 22.8. The van der Waals surface area contributed by atoms with E-state index < -0.39 is 5.91 Å². The fourth-order valence-electron chi connectivity index (χ4n) is 5.98. The van der Waals surface area contributed by atoms with Gasteiger partial charge in [-0.25, -0.2) is 4.68 Å². The van der Waals surface area contributed by atoms with Crippen molar-refractivity contribution in [2.45, 2.75) is 50.6 Å². The van der Waals surface area contributed by atoms with E-state index in [1.54, 1.807) is 23.7 Å². The maximum atomic E-state index is 12.6. The number of ether oxygens (including phenoxy) is 1. The number of halogens is 1. The molecule has 3 heterocycles. The summed E-state index contributed by atoms with van der Waals surface area (Å²) in [6, 6.07) is 3.35. The summed E-state index contributed by atoms with van der Waals surface area (Å²) in [6.45, 7) is 6.53. The first-order valence-electron chi connectivity index (χ1n) is 13.3. The summed E-state index contributed by atoms with van der Waals surface area (Å²) in [6.07, 6.45) is 4.89. The second kappa shape index (κ2) is 11.3. The Balaban J connectivity index is 1.54. The van der Waals surface area contributed by atoms with Crippen LogP contribution < -0.4 is 11.1 Å². The predicted octanol–water partition coefficient (Wildman–Crippen LogP) is 3.43. The minimum Gasteiger partial charge on any atom is -0.383 e. The topological polar surface area (TPSA) is 128 Å². The number of methoxy groups -OCH3 is 1. The average Bonchev–Trinajstić information content (AvgIpc) is 3.66. The summed E-state index contributed by atoms with van der Waals surface area (Å²) in [5, 5.41) is 18.1. The van der Waals surface area contributed by atoms with E-state index in [1.165, 1.54) is 11.6 Å². The predicted molar refractivity (Wildman–Crippen MR) is 153 cm³/mol. The van der Waals surface area contributed by atoms with Crippen molar-refractivity contribution in [1.29, 1.82) is 0 Å². The largest absolute Gasteiger partial charge is 0.383 e. The molecule has 10 nitrogen and oxygen atoms in total. The number of fused-ring (bicyclic) bond motifs is 3. The van der Waals surface area contributed by atoms with Crippen molar-refractivity contribution in [2.24, 2.45) is 5.73 Å². The van der Waals surface area contributed by atoms with Gasteiger partial charge in [0.05, 0.1) is 34.9 Å². The number of rotatable bonds is 7. The zero-order chi connectivity index (χ0) is 28.6. The Hall–Kier alpha value is -3.94. The zero-order valence-corrected chi connectivity index (χ0v) is 23.6. The molecule has 1 aliphatic heterocycles. The van der Waals surface area contributed by atoms with Crippen molar-refractivity contribution >= 4 is 40.1 Å². The lowest BCUT2D eigenvalue weighted by Crippen LogP contribution is -2.37. The van der Waals surface area contributed by atoms with Crippen LogP contribution in [-0.4, -0.2) is 70.0 Å². The highest BCUT2D eigenvalue weighted by atomic mass is 35.5. The molecular formula is C29H32ClN7O3. The summed E-state index contributed by atoms with van der Waals surface area (Å²) in [5.74, 6) is 6.10. The highest BCUT2D eigenvalue weighted by Crippen LogP contribution is 2.39. The first kappa shape index (κ1) is 27.6. The molecule has 40 heavy (non-hydrogen) atoms. The molecule has 0 radical (unpaired) electrons. The van der Waals surface area contributed by atoms with Crippen molar-refractivity contribution in [3.63, 3.8) is 0 Å². The Bertz CT molecular complexity index is 1570. The van der Waals surface area contributed by atoms with Gasteiger partial charge in [-0.3, -0.25) is 9.59 Å². The van der Waals surface area contributed by atoms with Gasteiger partial charge in [-0.1, -0.05) is 31.0 Å². The van der Waals surface area contributed by atoms with Gasteiger partial charge in [-0.15, -0.1) is 0 Å². The third-order valence-corrected chi connectivity index (χ3v) is 8.17. The molecule has 0 unspecified atom stereocenters. The van der Waals surface area contributed by atoms with E-state index >= 15 is 0 Å². The number of amides is 2. The molecule has 3 N–H and O–H groups in total. The molecule has 3 atom stereocenters. The first-order chi connectivity index (χ1) is 19.3. The maximum Gasteiger partial charge on any atom is 0.255 e. The first-order valence-corrected chi connectivity index (χ1v) is 13.7. The Labute approximate surface area is 237 Å². The van der Waals surface area contributed by atoms with Crippen LogP contribution in [0.2, 0.25) is 5.02 Å². The fraction of sp³-hybridized carbons (Fsp3) is 0.414. The van der Waals surface area contributed by atoms with E-state index in [9.17, 15) is 9.59 Å². The molecule has 0 spiro atoms. The number of carbonyl (C=O) groups is 2. The number of anilines is 1. The number of nitrogens with zero attached hydrogens (tertiary/aromatic N) is 5. The van der Waals surface area contributed by atoms with Crippen molar-refractivity contribution in [1.82, 2.24) is 24.9 Å².